The second-order valence-electron chi connectivity index (χ2n) is 4.54. The van der Waals surface area contributed by atoms with Crippen LogP contribution in [0.1, 0.15) is 9.68 Å². The summed E-state index contributed by atoms with van der Waals surface area (Å²) in [6, 6.07) is 14.4. The van der Waals surface area contributed by atoms with Gasteiger partial charge in [-0.3, -0.25) is 4.98 Å². The van der Waals surface area contributed by atoms with Gasteiger partial charge in [0.1, 0.15) is 11.1 Å². The molecule has 0 aliphatic rings. The molecule has 0 saturated heterocycles. The summed E-state index contributed by atoms with van der Waals surface area (Å²) in [6.07, 6.45) is 1.62. The number of hydrogen-bond acceptors (Lipinski definition) is 3. The Morgan fingerprint density at radius 1 is 1.05 bits per heavy atom. The minimum Gasteiger partial charge on any atom is -0.454 e. The molecule has 4 aromatic rings. The molecule has 1 aromatic carbocycles. The van der Waals surface area contributed by atoms with Crippen LogP contribution in [-0.4, -0.2) is 9.97 Å². The Hall–Kier alpha value is -2.68. The maximum Gasteiger partial charge on any atom is 0.154 e. The molecule has 96 valence electrons. The number of furan rings is 1. The van der Waals surface area contributed by atoms with Crippen LogP contribution in [0.25, 0.3) is 33.5 Å². The highest BCUT2D eigenvalue weighted by Gasteiger charge is 2.12. The van der Waals surface area contributed by atoms with Gasteiger partial charge in [-0.15, -0.1) is 0 Å². The number of nitrogens with zero attached hydrogens (tertiary/aromatic N) is 2. The summed E-state index contributed by atoms with van der Waals surface area (Å²) >= 11 is 0. The van der Waals surface area contributed by atoms with Gasteiger partial charge in [0.15, 0.2) is 5.58 Å². The summed E-state index contributed by atoms with van der Waals surface area (Å²) in [5.74, 6) is 0. The SMILES string of the molecule is [2H]C([2H])([2H])c1cc2oc3ccccc3c2nc1-c1ccccn1. The van der Waals surface area contributed by atoms with Gasteiger partial charge in [0.05, 0.1) is 11.4 Å². The van der Waals surface area contributed by atoms with Crippen LogP contribution < -0.4 is 0 Å². The number of pyridine rings is 2. The van der Waals surface area contributed by atoms with E-state index in [0.717, 1.165) is 5.39 Å². The summed E-state index contributed by atoms with van der Waals surface area (Å²) in [4.78, 5) is 8.84. The Kier molecular flexibility index (Phi) is 1.77. The van der Waals surface area contributed by atoms with Gasteiger partial charge in [0.2, 0.25) is 0 Å². The molecule has 0 amide bonds. The molecular formula is C17H12N2O. The third kappa shape index (κ3) is 1.60. The van der Waals surface area contributed by atoms with E-state index in [2.05, 4.69) is 9.97 Å². The van der Waals surface area contributed by atoms with Crippen molar-refractivity contribution in [3.05, 3.63) is 60.3 Å². The molecule has 0 unspecified atom stereocenters. The minimum atomic E-state index is -2.30. The Morgan fingerprint density at radius 3 is 2.80 bits per heavy atom. The fourth-order valence-electron chi connectivity index (χ4n) is 2.33. The van der Waals surface area contributed by atoms with E-state index in [1.165, 1.54) is 0 Å². The maximum atomic E-state index is 7.80. The van der Waals surface area contributed by atoms with Crippen molar-refractivity contribution in [2.75, 3.05) is 0 Å². The zero-order valence-electron chi connectivity index (χ0n) is 13.5. The standard InChI is InChI=1S/C17H12N2O/c1-11-10-15-17(12-6-2-3-8-14(12)20-15)19-16(11)13-7-4-5-9-18-13/h2-10H,1H3/i1D3. The van der Waals surface area contributed by atoms with Crippen LogP contribution in [0.2, 0.25) is 0 Å². The summed E-state index contributed by atoms with van der Waals surface area (Å²) in [7, 11) is 0. The van der Waals surface area contributed by atoms with Gasteiger partial charge in [-0.1, -0.05) is 18.2 Å². The molecule has 0 fully saturated rings. The van der Waals surface area contributed by atoms with Crippen LogP contribution >= 0.6 is 0 Å². The number of aryl methyl sites for hydroxylation is 1. The average Bonchev–Trinajstić information content (AvgIpc) is 2.91. The van der Waals surface area contributed by atoms with E-state index < -0.39 is 6.85 Å². The summed E-state index contributed by atoms with van der Waals surface area (Å²) < 4.78 is 29.1. The first-order chi connectivity index (χ1) is 11.0. The molecule has 3 aromatic heterocycles. The molecule has 0 aliphatic carbocycles. The molecule has 3 heteroatoms. The van der Waals surface area contributed by atoms with E-state index in [9.17, 15) is 0 Å². The third-order valence-corrected chi connectivity index (χ3v) is 3.26. The van der Waals surface area contributed by atoms with Crippen LogP contribution in [0.3, 0.4) is 0 Å². The predicted octanol–water partition coefficient (Wildman–Crippen LogP) is 4.35. The Labute approximate surface area is 120 Å². The zero-order chi connectivity index (χ0) is 16.0. The monoisotopic (exact) mass is 263 g/mol. The quantitative estimate of drug-likeness (QED) is 0.512. The van der Waals surface area contributed by atoms with E-state index >= 15 is 0 Å². The van der Waals surface area contributed by atoms with Crippen molar-refractivity contribution in [1.82, 2.24) is 9.97 Å². The molecule has 0 atom stereocenters. The van der Waals surface area contributed by atoms with Crippen molar-refractivity contribution < 1.29 is 8.53 Å². The first-order valence-corrected chi connectivity index (χ1v) is 6.28. The lowest BCUT2D eigenvalue weighted by Crippen LogP contribution is -1.90. The van der Waals surface area contributed by atoms with Gasteiger partial charge in [0.25, 0.3) is 0 Å². The second-order valence-corrected chi connectivity index (χ2v) is 4.54. The van der Waals surface area contributed by atoms with Crippen LogP contribution in [0, 0.1) is 6.85 Å². The summed E-state index contributed by atoms with van der Waals surface area (Å²) in [6.45, 7) is -2.30. The van der Waals surface area contributed by atoms with E-state index in [-0.39, 0.29) is 5.56 Å². The van der Waals surface area contributed by atoms with Gasteiger partial charge in [0, 0.05) is 15.7 Å². The molecule has 0 saturated carbocycles. The van der Waals surface area contributed by atoms with Gasteiger partial charge in [-0.25, -0.2) is 4.98 Å². The number of fused-ring (bicyclic) bond motifs is 3. The number of rotatable bonds is 1. The third-order valence-electron chi connectivity index (χ3n) is 3.26. The van der Waals surface area contributed by atoms with E-state index in [1.54, 1.807) is 24.4 Å². The van der Waals surface area contributed by atoms with Crippen LogP contribution in [0.5, 0.6) is 0 Å². The molecule has 0 N–H and O–H groups in total. The largest absolute Gasteiger partial charge is 0.454 e. The lowest BCUT2D eigenvalue weighted by molar-refractivity contribution is 0.668. The first-order valence-electron chi connectivity index (χ1n) is 7.78. The van der Waals surface area contributed by atoms with Crippen molar-refractivity contribution in [2.24, 2.45) is 0 Å². The molecular weight excluding hydrogens is 248 g/mol. The van der Waals surface area contributed by atoms with Crippen molar-refractivity contribution in [1.29, 1.82) is 0 Å². The molecule has 3 heterocycles. The molecule has 0 bridgehead atoms. The Morgan fingerprint density at radius 2 is 1.95 bits per heavy atom. The smallest absolute Gasteiger partial charge is 0.154 e. The number of para-hydroxylation sites is 1. The van der Waals surface area contributed by atoms with Gasteiger partial charge >= 0.3 is 0 Å². The number of benzene rings is 1. The lowest BCUT2D eigenvalue weighted by Gasteiger charge is -2.03. The van der Waals surface area contributed by atoms with E-state index in [4.69, 9.17) is 8.53 Å². The minimum absolute atomic E-state index is 0.141. The highest BCUT2D eigenvalue weighted by atomic mass is 16.3. The van der Waals surface area contributed by atoms with Gasteiger partial charge < -0.3 is 4.42 Å². The van der Waals surface area contributed by atoms with Crippen molar-refractivity contribution in [2.45, 2.75) is 6.85 Å². The number of aromatic nitrogens is 2. The van der Waals surface area contributed by atoms with Crippen molar-refractivity contribution in [3.8, 4) is 11.4 Å². The van der Waals surface area contributed by atoms with Crippen LogP contribution in [-0.2, 0) is 0 Å². The Balaban J connectivity index is 2.11. The molecule has 4 rings (SSSR count). The molecule has 0 radical (unpaired) electrons. The zero-order valence-corrected chi connectivity index (χ0v) is 10.5. The fourth-order valence-corrected chi connectivity index (χ4v) is 2.33. The van der Waals surface area contributed by atoms with Crippen molar-refractivity contribution >= 4 is 22.1 Å². The van der Waals surface area contributed by atoms with E-state index in [1.807, 2.05) is 30.3 Å². The van der Waals surface area contributed by atoms with E-state index in [0.29, 0.717) is 28.1 Å². The molecule has 20 heavy (non-hydrogen) atoms. The summed E-state index contributed by atoms with van der Waals surface area (Å²) in [5, 5.41) is 0.858. The number of hydrogen-bond donors (Lipinski definition) is 0. The van der Waals surface area contributed by atoms with Crippen molar-refractivity contribution in [3.63, 3.8) is 0 Å². The average molecular weight is 263 g/mol. The van der Waals surface area contributed by atoms with Gasteiger partial charge in [-0.2, -0.15) is 0 Å². The molecule has 0 spiro atoms. The van der Waals surface area contributed by atoms with Crippen LogP contribution in [0.15, 0.2) is 59.1 Å². The first kappa shape index (κ1) is 8.48. The van der Waals surface area contributed by atoms with Gasteiger partial charge in [-0.05, 0) is 42.7 Å². The maximum absolute atomic E-state index is 7.80. The fraction of sp³-hybridized carbons (Fsp3) is 0.0588. The summed E-state index contributed by atoms with van der Waals surface area (Å²) in [5.41, 5.74) is 2.84. The second kappa shape index (κ2) is 4.17. The Bertz CT molecular complexity index is 1010. The molecule has 0 aliphatic heterocycles. The normalized spacial score (nSPS) is 14.1. The molecule has 3 nitrogen and oxygen atoms in total. The topological polar surface area (TPSA) is 38.9 Å². The highest BCUT2D eigenvalue weighted by Crippen LogP contribution is 2.30. The lowest BCUT2D eigenvalue weighted by atomic mass is 10.1. The highest BCUT2D eigenvalue weighted by molar-refractivity contribution is 6.03. The predicted molar refractivity (Wildman–Crippen MR) is 79.5 cm³/mol. The van der Waals surface area contributed by atoms with Crippen LogP contribution in [0.4, 0.5) is 0 Å².